The summed E-state index contributed by atoms with van der Waals surface area (Å²) in [7, 11) is 0. The number of benzene rings is 1. The van der Waals surface area contributed by atoms with E-state index in [-0.39, 0.29) is 11.7 Å². The van der Waals surface area contributed by atoms with Gasteiger partial charge in [-0.1, -0.05) is 18.2 Å². The second-order valence-corrected chi connectivity index (χ2v) is 4.35. The summed E-state index contributed by atoms with van der Waals surface area (Å²) in [5, 5.41) is 7.19. The maximum Gasteiger partial charge on any atom is 0.292 e. The van der Waals surface area contributed by atoms with Gasteiger partial charge in [-0.05, 0) is 31.2 Å². The van der Waals surface area contributed by atoms with E-state index in [4.69, 9.17) is 4.42 Å². The molecule has 3 aromatic rings. The molecule has 1 N–H and O–H groups in total. The summed E-state index contributed by atoms with van der Waals surface area (Å²) < 4.78 is 6.77. The number of nitrogens with zero attached hydrogens (tertiary/aromatic N) is 2. The van der Waals surface area contributed by atoms with Crippen LogP contribution < -0.4 is 5.32 Å². The largest absolute Gasteiger partial charge is 0.459 e. The number of hydrogen-bond donors (Lipinski definition) is 1. The molecule has 0 fully saturated rings. The summed E-state index contributed by atoms with van der Waals surface area (Å²) in [5.41, 5.74) is 1.71. The number of carbonyl (C=O) groups is 1. The minimum absolute atomic E-state index is 0.267. The zero-order chi connectivity index (χ0) is 13.9. The molecule has 1 aromatic carbocycles. The van der Waals surface area contributed by atoms with Crippen molar-refractivity contribution >= 4 is 11.7 Å². The molecule has 0 saturated heterocycles. The molecule has 100 valence electrons. The van der Waals surface area contributed by atoms with Gasteiger partial charge in [-0.25, -0.2) is 4.68 Å². The van der Waals surface area contributed by atoms with Crippen LogP contribution in [-0.2, 0) is 0 Å². The van der Waals surface area contributed by atoms with Crippen molar-refractivity contribution in [2.24, 2.45) is 0 Å². The third kappa shape index (κ3) is 2.33. The van der Waals surface area contributed by atoms with Crippen molar-refractivity contribution in [3.8, 4) is 5.69 Å². The summed E-state index contributed by atoms with van der Waals surface area (Å²) >= 11 is 0. The Labute approximate surface area is 115 Å². The molecule has 0 aliphatic rings. The highest BCUT2D eigenvalue weighted by Gasteiger charge is 2.13. The van der Waals surface area contributed by atoms with Gasteiger partial charge >= 0.3 is 0 Å². The number of hydrogen-bond acceptors (Lipinski definition) is 3. The normalized spacial score (nSPS) is 10.4. The third-order valence-electron chi connectivity index (χ3n) is 2.82. The molecule has 0 radical (unpaired) electrons. The average Bonchev–Trinajstić information content (AvgIpc) is 3.09. The molecule has 5 nitrogen and oxygen atoms in total. The van der Waals surface area contributed by atoms with Crippen molar-refractivity contribution in [1.82, 2.24) is 9.78 Å². The van der Waals surface area contributed by atoms with Gasteiger partial charge in [0.05, 0.1) is 17.6 Å². The number of carbonyl (C=O) groups excluding carboxylic acids is 1. The Morgan fingerprint density at radius 1 is 1.20 bits per heavy atom. The van der Waals surface area contributed by atoms with E-state index in [0.717, 1.165) is 11.4 Å². The summed E-state index contributed by atoms with van der Waals surface area (Å²) in [6.45, 7) is 1.88. The molecule has 3 rings (SSSR count). The third-order valence-corrected chi connectivity index (χ3v) is 2.82. The van der Waals surface area contributed by atoms with Gasteiger partial charge in [0.2, 0.25) is 0 Å². The number of aryl methyl sites for hydroxylation is 1. The highest BCUT2D eigenvalue weighted by molar-refractivity contribution is 6.01. The Kier molecular flexibility index (Phi) is 3.09. The number of nitrogens with one attached hydrogen (secondary N) is 1. The average molecular weight is 267 g/mol. The van der Waals surface area contributed by atoms with Crippen LogP contribution in [-0.4, -0.2) is 15.7 Å². The maximum absolute atomic E-state index is 12.0. The van der Waals surface area contributed by atoms with Crippen molar-refractivity contribution in [2.75, 3.05) is 5.32 Å². The zero-order valence-corrected chi connectivity index (χ0v) is 10.9. The van der Waals surface area contributed by atoms with Crippen LogP contribution in [0, 0.1) is 6.92 Å². The van der Waals surface area contributed by atoms with E-state index in [1.165, 1.54) is 6.26 Å². The fraction of sp³-hybridized carbons (Fsp3) is 0.0667. The standard InChI is InChI=1S/C15H13N3O2/c1-11-10-14(16-15(19)13-8-5-9-20-13)18(17-11)12-6-3-2-4-7-12/h2-10H,1H3,(H,16,19). The van der Waals surface area contributed by atoms with E-state index in [1.807, 2.05) is 43.3 Å². The van der Waals surface area contributed by atoms with Gasteiger partial charge in [-0.2, -0.15) is 5.10 Å². The molecule has 0 aliphatic carbocycles. The van der Waals surface area contributed by atoms with Crippen LogP contribution in [0.1, 0.15) is 16.2 Å². The van der Waals surface area contributed by atoms with Gasteiger partial charge in [0.25, 0.3) is 5.91 Å². The zero-order valence-electron chi connectivity index (χ0n) is 10.9. The van der Waals surface area contributed by atoms with Gasteiger partial charge in [0, 0.05) is 6.07 Å². The lowest BCUT2D eigenvalue weighted by atomic mass is 10.3. The molecule has 0 aliphatic heterocycles. The Balaban J connectivity index is 1.93. The summed E-state index contributed by atoms with van der Waals surface area (Å²) in [6, 6.07) is 14.7. The predicted molar refractivity (Wildman–Crippen MR) is 75.0 cm³/mol. The monoisotopic (exact) mass is 267 g/mol. The Morgan fingerprint density at radius 2 is 2.00 bits per heavy atom. The molecule has 2 heterocycles. The number of furan rings is 1. The first-order chi connectivity index (χ1) is 9.74. The van der Waals surface area contributed by atoms with Crippen molar-refractivity contribution in [1.29, 1.82) is 0 Å². The van der Waals surface area contributed by atoms with E-state index >= 15 is 0 Å². The fourth-order valence-corrected chi connectivity index (χ4v) is 1.94. The van der Waals surface area contributed by atoms with Crippen LogP contribution in [0.15, 0.2) is 59.2 Å². The van der Waals surface area contributed by atoms with Gasteiger partial charge in [-0.3, -0.25) is 4.79 Å². The van der Waals surface area contributed by atoms with Gasteiger partial charge in [0.1, 0.15) is 5.82 Å². The first kappa shape index (κ1) is 12.2. The molecule has 5 heteroatoms. The number of amides is 1. The second-order valence-electron chi connectivity index (χ2n) is 4.35. The SMILES string of the molecule is Cc1cc(NC(=O)c2ccco2)n(-c2ccccc2)n1. The first-order valence-corrected chi connectivity index (χ1v) is 6.21. The molecule has 0 unspecified atom stereocenters. The van der Waals surface area contributed by atoms with Crippen LogP contribution in [0.4, 0.5) is 5.82 Å². The highest BCUT2D eigenvalue weighted by Crippen LogP contribution is 2.17. The molecule has 0 saturated carbocycles. The number of para-hydroxylation sites is 1. The van der Waals surface area contributed by atoms with Crippen LogP contribution in [0.5, 0.6) is 0 Å². The minimum Gasteiger partial charge on any atom is -0.459 e. The lowest BCUT2D eigenvalue weighted by molar-refractivity contribution is 0.0996. The Hall–Kier alpha value is -2.82. The van der Waals surface area contributed by atoms with Crippen molar-refractivity contribution in [3.63, 3.8) is 0 Å². The highest BCUT2D eigenvalue weighted by atomic mass is 16.3. The number of aromatic nitrogens is 2. The summed E-state index contributed by atoms with van der Waals surface area (Å²) in [4.78, 5) is 12.0. The van der Waals surface area contributed by atoms with Gasteiger partial charge < -0.3 is 9.73 Å². The lowest BCUT2D eigenvalue weighted by Crippen LogP contribution is -2.14. The number of rotatable bonds is 3. The molecule has 0 bridgehead atoms. The van der Waals surface area contributed by atoms with Crippen LogP contribution in [0.3, 0.4) is 0 Å². The van der Waals surface area contributed by atoms with Crippen LogP contribution in [0.25, 0.3) is 5.69 Å². The second kappa shape index (κ2) is 5.05. The van der Waals surface area contributed by atoms with Crippen molar-refractivity contribution in [2.45, 2.75) is 6.92 Å². The van der Waals surface area contributed by atoms with Crippen LogP contribution in [0.2, 0.25) is 0 Å². The Morgan fingerprint density at radius 3 is 2.70 bits per heavy atom. The molecule has 20 heavy (non-hydrogen) atoms. The first-order valence-electron chi connectivity index (χ1n) is 6.21. The van der Waals surface area contributed by atoms with E-state index in [2.05, 4.69) is 10.4 Å². The van der Waals surface area contributed by atoms with E-state index < -0.39 is 0 Å². The van der Waals surface area contributed by atoms with Crippen LogP contribution >= 0.6 is 0 Å². The molecular formula is C15H13N3O2. The van der Waals surface area contributed by atoms with Crippen molar-refractivity contribution in [3.05, 3.63) is 66.2 Å². The molecule has 1 amide bonds. The van der Waals surface area contributed by atoms with Gasteiger partial charge in [-0.15, -0.1) is 0 Å². The lowest BCUT2D eigenvalue weighted by Gasteiger charge is -2.07. The predicted octanol–water partition coefficient (Wildman–Crippen LogP) is 3.03. The molecule has 0 spiro atoms. The van der Waals surface area contributed by atoms with Crippen molar-refractivity contribution < 1.29 is 9.21 Å². The van der Waals surface area contributed by atoms with E-state index in [9.17, 15) is 4.79 Å². The molecule has 2 aromatic heterocycles. The molecule has 0 atom stereocenters. The summed E-state index contributed by atoms with van der Waals surface area (Å²) in [6.07, 6.45) is 1.47. The summed E-state index contributed by atoms with van der Waals surface area (Å²) in [5.74, 6) is 0.575. The van der Waals surface area contributed by atoms with E-state index in [1.54, 1.807) is 16.8 Å². The van der Waals surface area contributed by atoms with E-state index in [0.29, 0.717) is 5.82 Å². The fourth-order valence-electron chi connectivity index (χ4n) is 1.94. The smallest absolute Gasteiger partial charge is 0.292 e. The minimum atomic E-state index is -0.299. The topological polar surface area (TPSA) is 60.1 Å². The Bertz CT molecular complexity index is 715. The quantitative estimate of drug-likeness (QED) is 0.793. The number of anilines is 1. The van der Waals surface area contributed by atoms with Gasteiger partial charge in [0.15, 0.2) is 5.76 Å². The molecular weight excluding hydrogens is 254 g/mol. The maximum atomic E-state index is 12.0.